The first-order valence-electron chi connectivity index (χ1n) is 6.77. The van der Waals surface area contributed by atoms with E-state index in [9.17, 15) is 4.79 Å². The van der Waals surface area contributed by atoms with E-state index in [1.54, 1.807) is 30.3 Å². The molecule has 0 aromatic heterocycles. The zero-order chi connectivity index (χ0) is 16.1. The number of halogens is 3. The Morgan fingerprint density at radius 2 is 1.73 bits per heavy atom. The number of rotatable bonds is 4. The Labute approximate surface area is 144 Å². The fourth-order valence-electron chi connectivity index (χ4n) is 2.02. The van der Waals surface area contributed by atoms with E-state index in [1.807, 2.05) is 19.1 Å². The van der Waals surface area contributed by atoms with Crippen molar-refractivity contribution in [3.63, 3.8) is 0 Å². The van der Waals surface area contributed by atoms with Gasteiger partial charge in [-0.1, -0.05) is 53.9 Å². The van der Waals surface area contributed by atoms with Crippen molar-refractivity contribution in [3.05, 3.63) is 63.1 Å². The predicted molar refractivity (Wildman–Crippen MR) is 93.1 cm³/mol. The summed E-state index contributed by atoms with van der Waals surface area (Å²) in [4.78, 5) is 12.1. The van der Waals surface area contributed by atoms with Crippen LogP contribution in [-0.4, -0.2) is 6.03 Å². The van der Waals surface area contributed by atoms with Crippen molar-refractivity contribution >= 4 is 46.5 Å². The lowest BCUT2D eigenvalue weighted by molar-refractivity contribution is 0.248. The van der Waals surface area contributed by atoms with Crippen LogP contribution in [-0.2, 0) is 0 Å². The van der Waals surface area contributed by atoms with Gasteiger partial charge in [-0.15, -0.1) is 0 Å². The molecule has 0 fully saturated rings. The van der Waals surface area contributed by atoms with E-state index in [1.165, 1.54) is 0 Å². The molecule has 2 N–H and O–H groups in total. The highest BCUT2D eigenvalue weighted by Crippen LogP contribution is 2.25. The molecule has 2 amide bonds. The second-order valence-corrected chi connectivity index (χ2v) is 5.99. The lowest BCUT2D eigenvalue weighted by Crippen LogP contribution is -2.32. The van der Waals surface area contributed by atoms with Crippen molar-refractivity contribution in [2.75, 3.05) is 5.32 Å². The number of hydrogen-bond donors (Lipinski definition) is 2. The summed E-state index contributed by atoms with van der Waals surface area (Å²) in [5.74, 6) is 0. The fourth-order valence-corrected chi connectivity index (χ4v) is 2.44. The van der Waals surface area contributed by atoms with Crippen molar-refractivity contribution in [1.29, 1.82) is 0 Å². The van der Waals surface area contributed by atoms with E-state index in [0.717, 1.165) is 12.0 Å². The number of anilines is 1. The summed E-state index contributed by atoms with van der Waals surface area (Å²) in [7, 11) is 0. The second kappa shape index (κ2) is 7.73. The second-order valence-electron chi connectivity index (χ2n) is 4.74. The zero-order valence-electron chi connectivity index (χ0n) is 11.9. The number of carbonyl (C=O) groups is 1. The number of urea groups is 1. The third kappa shape index (κ3) is 4.54. The lowest BCUT2D eigenvalue weighted by Gasteiger charge is -2.18. The first-order chi connectivity index (χ1) is 10.5. The normalized spacial score (nSPS) is 11.8. The molecule has 3 nitrogen and oxygen atoms in total. The Kier molecular flexibility index (Phi) is 5.95. The molecule has 1 unspecified atom stereocenters. The molecule has 2 aromatic rings. The van der Waals surface area contributed by atoms with E-state index in [2.05, 4.69) is 10.6 Å². The molecule has 0 bridgehead atoms. The van der Waals surface area contributed by atoms with Gasteiger partial charge in [0.25, 0.3) is 0 Å². The van der Waals surface area contributed by atoms with Gasteiger partial charge in [0, 0.05) is 10.7 Å². The molecule has 0 aliphatic heterocycles. The largest absolute Gasteiger partial charge is 0.331 e. The van der Waals surface area contributed by atoms with Crippen molar-refractivity contribution in [3.8, 4) is 0 Å². The van der Waals surface area contributed by atoms with Crippen LogP contribution in [0.25, 0.3) is 0 Å². The van der Waals surface area contributed by atoms with Gasteiger partial charge in [0.15, 0.2) is 0 Å². The minimum absolute atomic E-state index is 0.0972. The summed E-state index contributed by atoms with van der Waals surface area (Å²) in [6.07, 6.45) is 0.760. The molecular formula is C16H15Cl3N2O. The summed E-state index contributed by atoms with van der Waals surface area (Å²) in [5, 5.41) is 7.16. The molecule has 0 radical (unpaired) electrons. The first kappa shape index (κ1) is 16.9. The highest BCUT2D eigenvalue weighted by atomic mass is 35.5. The summed E-state index contributed by atoms with van der Waals surface area (Å²) in [5.41, 5.74) is 1.58. The summed E-state index contributed by atoms with van der Waals surface area (Å²) in [6.45, 7) is 2.00. The van der Waals surface area contributed by atoms with Crippen molar-refractivity contribution in [2.24, 2.45) is 0 Å². The van der Waals surface area contributed by atoms with Gasteiger partial charge in [-0.25, -0.2) is 4.79 Å². The average molecular weight is 358 g/mol. The molecule has 0 saturated heterocycles. The molecule has 0 spiro atoms. The molecular weight excluding hydrogens is 343 g/mol. The van der Waals surface area contributed by atoms with E-state index in [-0.39, 0.29) is 12.1 Å². The molecule has 6 heteroatoms. The van der Waals surface area contributed by atoms with Gasteiger partial charge in [-0.2, -0.15) is 0 Å². The van der Waals surface area contributed by atoms with Gasteiger partial charge < -0.3 is 10.6 Å². The number of amides is 2. The van der Waals surface area contributed by atoms with Crippen molar-refractivity contribution in [1.82, 2.24) is 5.32 Å². The number of nitrogens with one attached hydrogen (secondary N) is 2. The van der Waals surface area contributed by atoms with Gasteiger partial charge in [0.1, 0.15) is 0 Å². The van der Waals surface area contributed by atoms with Crippen LogP contribution >= 0.6 is 34.8 Å². The molecule has 22 heavy (non-hydrogen) atoms. The smallest absolute Gasteiger partial charge is 0.319 e. The minimum atomic E-state index is -0.305. The molecule has 2 rings (SSSR count). The molecule has 0 aliphatic rings. The maximum absolute atomic E-state index is 12.1. The number of hydrogen-bond acceptors (Lipinski definition) is 1. The summed E-state index contributed by atoms with van der Waals surface area (Å²) < 4.78 is 0. The van der Waals surface area contributed by atoms with Crippen LogP contribution in [0.5, 0.6) is 0 Å². The molecule has 116 valence electrons. The fraction of sp³-hybridized carbons (Fsp3) is 0.188. The summed E-state index contributed by atoms with van der Waals surface area (Å²) in [6, 6.07) is 11.9. The zero-order valence-corrected chi connectivity index (χ0v) is 14.1. The van der Waals surface area contributed by atoms with Crippen LogP contribution in [0.3, 0.4) is 0 Å². The van der Waals surface area contributed by atoms with Crippen LogP contribution in [0, 0.1) is 0 Å². The van der Waals surface area contributed by atoms with Gasteiger partial charge in [0.2, 0.25) is 0 Å². The predicted octanol–water partition coefficient (Wildman–Crippen LogP) is 5.92. The first-order valence-corrected chi connectivity index (χ1v) is 7.91. The van der Waals surface area contributed by atoms with Crippen molar-refractivity contribution < 1.29 is 4.79 Å². The van der Waals surface area contributed by atoms with Gasteiger partial charge in [-0.05, 0) is 42.3 Å². The minimum Gasteiger partial charge on any atom is -0.331 e. The Balaban J connectivity index is 2.02. The van der Waals surface area contributed by atoms with Gasteiger partial charge >= 0.3 is 6.03 Å². The molecule has 0 aliphatic carbocycles. The number of carbonyl (C=O) groups excluding carboxylic acids is 1. The standard InChI is InChI=1S/C16H15Cl3N2O/c1-2-15(10-3-5-11(17)6-4-10)21-16(22)20-12-7-8-13(18)14(19)9-12/h3-9,15H,2H2,1H3,(H2,20,21,22). The summed E-state index contributed by atoms with van der Waals surface area (Å²) >= 11 is 17.6. The highest BCUT2D eigenvalue weighted by molar-refractivity contribution is 6.42. The topological polar surface area (TPSA) is 41.1 Å². The highest BCUT2D eigenvalue weighted by Gasteiger charge is 2.13. The number of benzene rings is 2. The quantitative estimate of drug-likeness (QED) is 0.700. The molecule has 0 saturated carbocycles. The Hall–Kier alpha value is -1.42. The van der Waals surface area contributed by atoms with Crippen molar-refractivity contribution in [2.45, 2.75) is 19.4 Å². The van der Waals surface area contributed by atoms with Crippen LogP contribution < -0.4 is 10.6 Å². The average Bonchev–Trinajstić information content (AvgIpc) is 2.49. The maximum Gasteiger partial charge on any atom is 0.319 e. The maximum atomic E-state index is 12.1. The Morgan fingerprint density at radius 1 is 1.05 bits per heavy atom. The van der Waals surface area contributed by atoms with Crippen LogP contribution in [0.2, 0.25) is 15.1 Å². The third-order valence-electron chi connectivity index (χ3n) is 3.16. The van der Waals surface area contributed by atoms with Crippen LogP contribution in [0.1, 0.15) is 24.9 Å². The van der Waals surface area contributed by atoms with Crippen LogP contribution in [0.15, 0.2) is 42.5 Å². The Morgan fingerprint density at radius 3 is 2.32 bits per heavy atom. The van der Waals surface area contributed by atoms with Gasteiger partial charge in [-0.3, -0.25) is 0 Å². The monoisotopic (exact) mass is 356 g/mol. The molecule has 2 aromatic carbocycles. The van der Waals surface area contributed by atoms with E-state index in [0.29, 0.717) is 20.8 Å². The van der Waals surface area contributed by atoms with E-state index >= 15 is 0 Å². The van der Waals surface area contributed by atoms with E-state index < -0.39 is 0 Å². The molecule has 1 atom stereocenters. The van der Waals surface area contributed by atoms with Gasteiger partial charge in [0.05, 0.1) is 16.1 Å². The van der Waals surface area contributed by atoms with Crippen LogP contribution in [0.4, 0.5) is 10.5 Å². The van der Waals surface area contributed by atoms with E-state index in [4.69, 9.17) is 34.8 Å². The lowest BCUT2D eigenvalue weighted by atomic mass is 10.1. The molecule has 0 heterocycles. The SMILES string of the molecule is CCC(NC(=O)Nc1ccc(Cl)c(Cl)c1)c1ccc(Cl)cc1. The Bertz CT molecular complexity index is 659. The third-order valence-corrected chi connectivity index (χ3v) is 4.15.